The van der Waals surface area contributed by atoms with Gasteiger partial charge < -0.3 is 4.74 Å². The van der Waals surface area contributed by atoms with E-state index in [0.717, 1.165) is 71.2 Å². The lowest BCUT2D eigenvalue weighted by atomic mass is 10.2. The van der Waals surface area contributed by atoms with E-state index >= 15 is 0 Å². The summed E-state index contributed by atoms with van der Waals surface area (Å²) in [7, 11) is -3.27. The van der Waals surface area contributed by atoms with Crippen LogP contribution >= 0.6 is 0 Å². The lowest BCUT2D eigenvalue weighted by Crippen LogP contribution is -2.46. The molecule has 23 heavy (non-hydrogen) atoms. The molecule has 3 saturated heterocycles. The smallest absolute Gasteiger partial charge is 0.282 e. The van der Waals surface area contributed by atoms with Gasteiger partial charge >= 0.3 is 0 Å². The van der Waals surface area contributed by atoms with Crippen LogP contribution in [-0.2, 0) is 14.9 Å². The first kappa shape index (κ1) is 17.6. The molecule has 3 aliphatic heterocycles. The Morgan fingerprint density at radius 1 is 0.783 bits per heavy atom. The van der Waals surface area contributed by atoms with Crippen molar-refractivity contribution in [2.75, 3.05) is 52.4 Å². The molecule has 3 fully saturated rings. The van der Waals surface area contributed by atoms with Crippen LogP contribution in [0.25, 0.3) is 0 Å². The number of hydrogen-bond donors (Lipinski definition) is 0. The maximum atomic E-state index is 12.9. The Balaban J connectivity index is 1.55. The van der Waals surface area contributed by atoms with Crippen LogP contribution in [0.4, 0.5) is 0 Å². The molecular weight excluding hydrogens is 314 g/mol. The predicted octanol–water partition coefficient (Wildman–Crippen LogP) is 1.29. The summed E-state index contributed by atoms with van der Waals surface area (Å²) in [6.07, 6.45) is 7.88. The highest BCUT2D eigenvalue weighted by molar-refractivity contribution is 7.86. The van der Waals surface area contributed by atoms with Gasteiger partial charge in [-0.25, -0.2) is 0 Å². The zero-order valence-electron chi connectivity index (χ0n) is 14.2. The number of rotatable bonds is 4. The van der Waals surface area contributed by atoms with Crippen molar-refractivity contribution < 1.29 is 13.2 Å². The Bertz CT molecular complexity index is 457. The second kappa shape index (κ2) is 8.25. The zero-order chi connectivity index (χ0) is 16.1. The highest BCUT2D eigenvalue weighted by atomic mass is 32.2. The van der Waals surface area contributed by atoms with Gasteiger partial charge in [-0.1, -0.05) is 12.8 Å². The molecule has 3 rings (SSSR count). The summed E-state index contributed by atoms with van der Waals surface area (Å²) in [5, 5.41) is 0. The van der Waals surface area contributed by atoms with E-state index in [1.54, 1.807) is 8.61 Å². The largest absolute Gasteiger partial charge is 0.377 e. The van der Waals surface area contributed by atoms with Gasteiger partial charge in [0.25, 0.3) is 10.2 Å². The van der Waals surface area contributed by atoms with Crippen molar-refractivity contribution in [2.24, 2.45) is 0 Å². The van der Waals surface area contributed by atoms with Crippen LogP contribution in [0.1, 0.15) is 44.9 Å². The maximum Gasteiger partial charge on any atom is 0.282 e. The van der Waals surface area contributed by atoms with Crippen LogP contribution < -0.4 is 0 Å². The minimum Gasteiger partial charge on any atom is -0.377 e. The standard InChI is InChI=1S/C16H31N3O3S/c20-23(21,18-9-3-1-2-4-10-18)19-11-6-8-17(12-13-19)15-16-7-5-14-22-16/h16H,1-15H2/t16-/m0/s1. The molecule has 0 aromatic rings. The van der Waals surface area contributed by atoms with E-state index < -0.39 is 10.2 Å². The van der Waals surface area contributed by atoms with Gasteiger partial charge in [-0.15, -0.1) is 0 Å². The van der Waals surface area contributed by atoms with E-state index in [1.165, 1.54) is 0 Å². The Labute approximate surface area is 140 Å². The van der Waals surface area contributed by atoms with E-state index in [1.807, 2.05) is 0 Å². The molecular formula is C16H31N3O3S. The molecule has 6 nitrogen and oxygen atoms in total. The van der Waals surface area contributed by atoms with Crippen molar-refractivity contribution in [1.29, 1.82) is 0 Å². The molecule has 0 aromatic heterocycles. The van der Waals surface area contributed by atoms with E-state index in [4.69, 9.17) is 4.74 Å². The fourth-order valence-corrected chi connectivity index (χ4v) is 5.59. The van der Waals surface area contributed by atoms with Crippen molar-refractivity contribution in [1.82, 2.24) is 13.5 Å². The number of hydrogen-bond acceptors (Lipinski definition) is 4. The van der Waals surface area contributed by atoms with Crippen molar-refractivity contribution >= 4 is 10.2 Å². The molecule has 7 heteroatoms. The molecule has 0 radical (unpaired) electrons. The molecule has 3 aliphatic rings. The van der Waals surface area contributed by atoms with Crippen LogP contribution in [0.3, 0.4) is 0 Å². The number of nitrogens with zero attached hydrogens (tertiary/aromatic N) is 3. The normalized spacial score (nSPS) is 30.2. The SMILES string of the molecule is O=S(=O)(N1CCCCCC1)N1CCCN(C[C@@H]2CCCO2)CC1. The molecule has 1 atom stereocenters. The van der Waals surface area contributed by atoms with Crippen LogP contribution in [0.15, 0.2) is 0 Å². The van der Waals surface area contributed by atoms with Crippen LogP contribution in [0.2, 0.25) is 0 Å². The Hall–Kier alpha value is -0.210. The molecule has 134 valence electrons. The quantitative estimate of drug-likeness (QED) is 0.771. The predicted molar refractivity (Wildman–Crippen MR) is 90.6 cm³/mol. The van der Waals surface area contributed by atoms with Gasteiger partial charge in [-0.3, -0.25) is 4.90 Å². The molecule has 0 bridgehead atoms. The molecule has 0 spiro atoms. The first-order valence-corrected chi connectivity index (χ1v) is 10.6. The monoisotopic (exact) mass is 345 g/mol. The lowest BCUT2D eigenvalue weighted by Gasteiger charge is -2.28. The fraction of sp³-hybridized carbons (Fsp3) is 1.00. The summed E-state index contributed by atoms with van der Waals surface area (Å²) in [6, 6.07) is 0. The third kappa shape index (κ3) is 4.66. The molecule has 0 N–H and O–H groups in total. The highest BCUT2D eigenvalue weighted by Gasteiger charge is 2.31. The second-order valence-electron chi connectivity index (χ2n) is 7.01. The molecule has 3 heterocycles. The van der Waals surface area contributed by atoms with Gasteiger partial charge in [0.15, 0.2) is 0 Å². The molecule has 0 aromatic carbocycles. The first-order chi connectivity index (χ1) is 11.2. The van der Waals surface area contributed by atoms with Gasteiger partial charge in [0.05, 0.1) is 6.10 Å². The third-order valence-corrected chi connectivity index (χ3v) is 7.29. The average molecular weight is 346 g/mol. The van der Waals surface area contributed by atoms with E-state index in [9.17, 15) is 8.42 Å². The van der Waals surface area contributed by atoms with Crippen molar-refractivity contribution in [3.8, 4) is 0 Å². The zero-order valence-corrected chi connectivity index (χ0v) is 15.0. The summed E-state index contributed by atoms with van der Waals surface area (Å²) in [6.45, 7) is 6.30. The fourth-order valence-electron chi connectivity index (χ4n) is 3.87. The molecule has 0 amide bonds. The first-order valence-electron chi connectivity index (χ1n) is 9.25. The topological polar surface area (TPSA) is 53.1 Å². The van der Waals surface area contributed by atoms with E-state index in [0.29, 0.717) is 32.3 Å². The van der Waals surface area contributed by atoms with Gasteiger partial charge in [0.2, 0.25) is 0 Å². The van der Waals surface area contributed by atoms with Crippen molar-refractivity contribution in [2.45, 2.75) is 51.0 Å². The van der Waals surface area contributed by atoms with Gasteiger partial charge in [0, 0.05) is 45.9 Å². The Kier molecular flexibility index (Phi) is 6.31. The third-order valence-electron chi connectivity index (χ3n) is 5.25. The minimum absolute atomic E-state index is 0.351. The summed E-state index contributed by atoms with van der Waals surface area (Å²) < 4.78 is 35.0. The van der Waals surface area contributed by atoms with Crippen LogP contribution in [0, 0.1) is 0 Å². The van der Waals surface area contributed by atoms with E-state index in [-0.39, 0.29) is 0 Å². The lowest BCUT2D eigenvalue weighted by molar-refractivity contribution is 0.0749. The highest BCUT2D eigenvalue weighted by Crippen LogP contribution is 2.19. The Morgan fingerprint density at radius 3 is 2.17 bits per heavy atom. The molecule has 0 aliphatic carbocycles. The minimum atomic E-state index is -3.27. The Morgan fingerprint density at radius 2 is 1.48 bits per heavy atom. The summed E-state index contributed by atoms with van der Waals surface area (Å²) in [4.78, 5) is 2.38. The maximum absolute atomic E-state index is 12.9. The van der Waals surface area contributed by atoms with Gasteiger partial charge in [-0.2, -0.15) is 17.0 Å². The average Bonchev–Trinajstić information content (AvgIpc) is 2.79. The van der Waals surface area contributed by atoms with Crippen molar-refractivity contribution in [3.05, 3.63) is 0 Å². The summed E-state index contributed by atoms with van der Waals surface area (Å²) in [5.74, 6) is 0. The molecule has 0 unspecified atom stereocenters. The second-order valence-corrected chi connectivity index (χ2v) is 8.94. The van der Waals surface area contributed by atoms with Gasteiger partial charge in [-0.05, 0) is 38.6 Å². The van der Waals surface area contributed by atoms with Crippen molar-refractivity contribution in [3.63, 3.8) is 0 Å². The van der Waals surface area contributed by atoms with Crippen LogP contribution in [-0.4, -0.2) is 80.5 Å². The molecule has 0 saturated carbocycles. The van der Waals surface area contributed by atoms with Gasteiger partial charge in [0.1, 0.15) is 0 Å². The summed E-state index contributed by atoms with van der Waals surface area (Å²) >= 11 is 0. The van der Waals surface area contributed by atoms with E-state index in [2.05, 4.69) is 4.90 Å². The number of ether oxygens (including phenoxy) is 1. The van der Waals surface area contributed by atoms with Crippen LogP contribution in [0.5, 0.6) is 0 Å². The summed E-state index contributed by atoms with van der Waals surface area (Å²) in [5.41, 5.74) is 0.